The zero-order valence-electron chi connectivity index (χ0n) is 15.1. The summed E-state index contributed by atoms with van der Waals surface area (Å²) in [4.78, 5) is 10.9. The van der Waals surface area contributed by atoms with Gasteiger partial charge in [-0.05, 0) is 0 Å². The second-order valence-corrected chi connectivity index (χ2v) is 9.89. The molecule has 1 fully saturated rings. The lowest BCUT2D eigenvalue weighted by atomic mass is 10.1. The van der Waals surface area contributed by atoms with Crippen molar-refractivity contribution in [3.05, 3.63) is 27.8 Å². The fraction of sp³-hybridized carbons (Fsp3) is 0.600. The molecule has 1 saturated heterocycles. The van der Waals surface area contributed by atoms with E-state index in [-0.39, 0.29) is 26.2 Å². The lowest BCUT2D eigenvalue weighted by Crippen LogP contribution is -2.46. The molecule has 0 amide bonds. The van der Waals surface area contributed by atoms with Gasteiger partial charge in [-0.25, -0.2) is 8.42 Å². The zero-order chi connectivity index (χ0) is 21.8. The number of nitro benzene ring substituents is 1. The maximum Gasteiger partial charge on any atom is 0.418 e. The maximum atomic E-state index is 13.9. The lowest BCUT2D eigenvalue weighted by Gasteiger charge is -2.32. The van der Waals surface area contributed by atoms with E-state index >= 15 is 0 Å². The minimum absolute atomic E-state index is 0.0660. The molecule has 164 valence electrons. The number of non-ortho nitro benzene ring substituents is 1. The topological polar surface area (TPSA) is 95.8 Å². The SMILES string of the molecule is O=[N+]([O-])c1cc(C(F)(F)F)c(N(CCBr)CCI)c(S(=O)(=O)N2CCNCC2)c1. The van der Waals surface area contributed by atoms with Gasteiger partial charge in [0.15, 0.2) is 0 Å². The first-order valence-electron chi connectivity index (χ1n) is 8.51. The van der Waals surface area contributed by atoms with Gasteiger partial charge < -0.3 is 10.2 Å². The van der Waals surface area contributed by atoms with Crippen LogP contribution in [0, 0.1) is 10.1 Å². The van der Waals surface area contributed by atoms with Crippen LogP contribution in [0.2, 0.25) is 0 Å². The first-order chi connectivity index (χ1) is 13.5. The minimum Gasteiger partial charge on any atom is -0.368 e. The number of sulfonamides is 1. The second kappa shape index (κ2) is 10.1. The van der Waals surface area contributed by atoms with E-state index in [0.29, 0.717) is 28.9 Å². The molecule has 2 rings (SSSR count). The van der Waals surface area contributed by atoms with E-state index < -0.39 is 43.0 Å². The molecule has 0 aliphatic carbocycles. The van der Waals surface area contributed by atoms with Crippen LogP contribution in [0.25, 0.3) is 0 Å². The Labute approximate surface area is 188 Å². The van der Waals surface area contributed by atoms with Crippen molar-refractivity contribution in [2.75, 3.05) is 53.9 Å². The second-order valence-electron chi connectivity index (χ2n) is 6.11. The van der Waals surface area contributed by atoms with Crippen molar-refractivity contribution in [2.24, 2.45) is 0 Å². The van der Waals surface area contributed by atoms with Crippen LogP contribution in [-0.4, -0.2) is 66.7 Å². The third-order valence-electron chi connectivity index (χ3n) is 4.29. The Morgan fingerprint density at radius 2 is 1.90 bits per heavy atom. The molecular formula is C15H19BrF3IN4O4S. The number of anilines is 1. The Morgan fingerprint density at radius 3 is 2.38 bits per heavy atom. The molecule has 1 aliphatic heterocycles. The number of hydrogen-bond donors (Lipinski definition) is 1. The monoisotopic (exact) mass is 614 g/mol. The van der Waals surface area contributed by atoms with Crippen LogP contribution in [0.5, 0.6) is 0 Å². The quantitative estimate of drug-likeness (QED) is 0.209. The summed E-state index contributed by atoms with van der Waals surface area (Å²) in [5.41, 5.74) is -2.79. The van der Waals surface area contributed by atoms with Gasteiger partial charge in [-0.3, -0.25) is 10.1 Å². The molecule has 8 nitrogen and oxygen atoms in total. The Morgan fingerprint density at radius 1 is 1.28 bits per heavy atom. The summed E-state index contributed by atoms with van der Waals surface area (Å²) in [5.74, 6) is 0. The summed E-state index contributed by atoms with van der Waals surface area (Å²) in [6, 6.07) is 1.14. The molecule has 0 bridgehead atoms. The van der Waals surface area contributed by atoms with E-state index in [1.165, 1.54) is 4.90 Å². The molecule has 0 unspecified atom stereocenters. The fourth-order valence-corrected chi connectivity index (χ4v) is 5.71. The highest BCUT2D eigenvalue weighted by Crippen LogP contribution is 2.43. The zero-order valence-corrected chi connectivity index (χ0v) is 19.6. The Kier molecular flexibility index (Phi) is 8.52. The number of nitrogens with zero attached hydrogens (tertiary/aromatic N) is 3. The van der Waals surface area contributed by atoms with Gasteiger partial charge in [0.05, 0.1) is 16.2 Å². The number of alkyl halides is 5. The number of hydrogen-bond acceptors (Lipinski definition) is 6. The van der Waals surface area contributed by atoms with Crippen molar-refractivity contribution in [3.63, 3.8) is 0 Å². The van der Waals surface area contributed by atoms with Crippen molar-refractivity contribution in [3.8, 4) is 0 Å². The van der Waals surface area contributed by atoms with Crippen molar-refractivity contribution < 1.29 is 26.5 Å². The Bertz CT molecular complexity index is 845. The number of nitrogens with one attached hydrogen (secondary N) is 1. The maximum absolute atomic E-state index is 13.9. The van der Waals surface area contributed by atoms with Crippen molar-refractivity contribution in [1.82, 2.24) is 9.62 Å². The summed E-state index contributed by atoms with van der Waals surface area (Å²) in [7, 11) is -4.38. The summed E-state index contributed by atoms with van der Waals surface area (Å²) in [6.45, 7) is 1.07. The molecule has 1 heterocycles. The average Bonchev–Trinajstić information content (AvgIpc) is 2.66. The van der Waals surface area contributed by atoms with Gasteiger partial charge in [0.2, 0.25) is 10.0 Å². The highest BCUT2D eigenvalue weighted by Gasteiger charge is 2.42. The average molecular weight is 615 g/mol. The van der Waals surface area contributed by atoms with Crippen molar-refractivity contribution in [1.29, 1.82) is 0 Å². The van der Waals surface area contributed by atoms with Gasteiger partial charge in [0.25, 0.3) is 5.69 Å². The smallest absolute Gasteiger partial charge is 0.368 e. The summed E-state index contributed by atoms with van der Waals surface area (Å²) in [5, 5.41) is 14.5. The largest absolute Gasteiger partial charge is 0.418 e. The molecule has 14 heteroatoms. The van der Waals surface area contributed by atoms with Gasteiger partial charge in [-0.1, -0.05) is 38.5 Å². The van der Waals surface area contributed by atoms with E-state index in [0.717, 1.165) is 10.4 Å². The van der Waals surface area contributed by atoms with Crippen LogP contribution >= 0.6 is 38.5 Å². The number of benzene rings is 1. The molecule has 1 aromatic rings. The van der Waals surface area contributed by atoms with Gasteiger partial charge in [-0.15, -0.1) is 0 Å². The van der Waals surface area contributed by atoms with Crippen LogP contribution in [0.4, 0.5) is 24.5 Å². The third-order valence-corrected chi connectivity index (χ3v) is 7.04. The standard InChI is InChI=1S/C15H19BrF3IN4O4S/c16-1-5-22(6-2-20)14-12(15(17,18)19)9-11(24(25)26)10-13(14)29(27,28)23-7-3-21-4-8-23/h9-10,21H,1-8H2. The molecule has 0 aromatic heterocycles. The fourth-order valence-electron chi connectivity index (χ4n) is 3.00. The van der Waals surface area contributed by atoms with Crippen LogP contribution < -0.4 is 10.2 Å². The van der Waals surface area contributed by atoms with Gasteiger partial charge in [0.1, 0.15) is 4.90 Å². The van der Waals surface area contributed by atoms with E-state index in [9.17, 15) is 31.7 Å². The highest BCUT2D eigenvalue weighted by atomic mass is 127. The Balaban J connectivity index is 2.83. The lowest BCUT2D eigenvalue weighted by molar-refractivity contribution is -0.385. The molecule has 0 saturated carbocycles. The highest BCUT2D eigenvalue weighted by molar-refractivity contribution is 14.1. The van der Waals surface area contributed by atoms with E-state index in [4.69, 9.17) is 0 Å². The summed E-state index contributed by atoms with van der Waals surface area (Å²) in [6.07, 6.45) is -4.97. The van der Waals surface area contributed by atoms with Crippen LogP contribution in [0.3, 0.4) is 0 Å². The number of halogens is 5. The minimum atomic E-state index is -4.97. The van der Waals surface area contributed by atoms with Crippen molar-refractivity contribution in [2.45, 2.75) is 11.1 Å². The van der Waals surface area contributed by atoms with Gasteiger partial charge >= 0.3 is 6.18 Å². The summed E-state index contributed by atoms with van der Waals surface area (Å²) >= 11 is 5.16. The predicted octanol–water partition coefficient (Wildman–Crippen LogP) is 2.84. The number of piperazine rings is 1. The first kappa shape index (κ1) is 24.6. The van der Waals surface area contributed by atoms with E-state index in [2.05, 4.69) is 21.2 Å². The molecule has 0 spiro atoms. The summed E-state index contributed by atoms with van der Waals surface area (Å²) < 4.78 is 69.6. The molecule has 0 radical (unpaired) electrons. The first-order valence-corrected chi connectivity index (χ1v) is 12.6. The third kappa shape index (κ3) is 5.71. The van der Waals surface area contributed by atoms with E-state index in [1.807, 2.05) is 22.6 Å². The van der Waals surface area contributed by atoms with Crippen LogP contribution in [-0.2, 0) is 16.2 Å². The normalized spacial score (nSPS) is 16.0. The van der Waals surface area contributed by atoms with Gasteiger partial charge in [-0.2, -0.15) is 17.5 Å². The molecular weight excluding hydrogens is 596 g/mol. The number of nitro groups is 1. The van der Waals surface area contributed by atoms with Crippen LogP contribution in [0.1, 0.15) is 5.56 Å². The van der Waals surface area contributed by atoms with E-state index in [1.54, 1.807) is 0 Å². The Hall–Kier alpha value is -0.710. The molecule has 29 heavy (non-hydrogen) atoms. The molecule has 1 aromatic carbocycles. The molecule has 0 atom stereocenters. The van der Waals surface area contributed by atoms with Gasteiger partial charge in [0, 0.05) is 61.2 Å². The molecule has 1 aliphatic rings. The van der Waals surface area contributed by atoms with Crippen LogP contribution in [0.15, 0.2) is 17.0 Å². The predicted molar refractivity (Wildman–Crippen MR) is 115 cm³/mol. The van der Waals surface area contributed by atoms with Crippen molar-refractivity contribution >= 4 is 59.9 Å². The number of rotatable bonds is 8. The molecule has 1 N–H and O–H groups in total.